The number of rotatable bonds is 2. The summed E-state index contributed by atoms with van der Waals surface area (Å²) in [6.45, 7) is 2.09. The Hall–Kier alpha value is -1.05. The topological polar surface area (TPSA) is 26.0 Å². The molecule has 0 saturated carbocycles. The van der Waals surface area contributed by atoms with Gasteiger partial charge in [-0.3, -0.25) is 0 Å². The van der Waals surface area contributed by atoms with Gasteiger partial charge < -0.3 is 5.73 Å². The number of hydrogen-bond donors (Lipinski definition) is 1. The highest BCUT2D eigenvalue weighted by Crippen LogP contribution is 2.29. The van der Waals surface area contributed by atoms with Crippen molar-refractivity contribution in [1.29, 1.82) is 0 Å². The summed E-state index contributed by atoms with van der Waals surface area (Å²) in [6.07, 6.45) is 0.936. The van der Waals surface area contributed by atoms with E-state index in [9.17, 15) is 0 Å². The second-order valence-corrected chi connectivity index (χ2v) is 4.10. The molecular weight excluding hydrogens is 206 g/mol. The fraction of sp³-hybridized carbons (Fsp3) is 0.231. The molecule has 1 atom stereocenters. The monoisotopic (exact) mass is 219 g/mol. The molecule has 2 heteroatoms. The molecule has 0 aliphatic heterocycles. The average molecular weight is 220 g/mol. The standard InChI is InChI=1S/C13H14ClN/c1-2-13(15)11-7-3-6-10-9(11)5-4-8-12(10)14/h3-8,13H,2,15H2,1H3. The zero-order valence-corrected chi connectivity index (χ0v) is 9.46. The molecule has 2 aromatic rings. The predicted octanol–water partition coefficient (Wildman–Crippen LogP) is 3.90. The van der Waals surface area contributed by atoms with E-state index in [1.54, 1.807) is 0 Å². The molecule has 0 radical (unpaired) electrons. The van der Waals surface area contributed by atoms with Gasteiger partial charge in [0.1, 0.15) is 0 Å². The van der Waals surface area contributed by atoms with Crippen molar-refractivity contribution in [2.45, 2.75) is 19.4 Å². The first-order valence-electron chi connectivity index (χ1n) is 5.16. The lowest BCUT2D eigenvalue weighted by Crippen LogP contribution is -2.08. The van der Waals surface area contributed by atoms with Gasteiger partial charge in [0.05, 0.1) is 0 Å². The van der Waals surface area contributed by atoms with Crippen molar-refractivity contribution in [2.75, 3.05) is 0 Å². The van der Waals surface area contributed by atoms with Crippen LogP contribution in [0.15, 0.2) is 36.4 Å². The minimum Gasteiger partial charge on any atom is -0.324 e. The van der Waals surface area contributed by atoms with Gasteiger partial charge >= 0.3 is 0 Å². The van der Waals surface area contributed by atoms with E-state index < -0.39 is 0 Å². The van der Waals surface area contributed by atoms with Crippen LogP contribution < -0.4 is 5.73 Å². The van der Waals surface area contributed by atoms with Crippen LogP contribution in [0, 0.1) is 0 Å². The smallest absolute Gasteiger partial charge is 0.0484 e. The number of fused-ring (bicyclic) bond motifs is 1. The molecule has 0 aromatic heterocycles. The Morgan fingerprint density at radius 3 is 2.53 bits per heavy atom. The van der Waals surface area contributed by atoms with Gasteiger partial charge in [0.15, 0.2) is 0 Å². The number of nitrogens with two attached hydrogens (primary N) is 1. The van der Waals surface area contributed by atoms with Crippen LogP contribution in [-0.4, -0.2) is 0 Å². The lowest BCUT2D eigenvalue weighted by Gasteiger charge is -2.13. The predicted molar refractivity (Wildman–Crippen MR) is 66.2 cm³/mol. The summed E-state index contributed by atoms with van der Waals surface area (Å²) in [6, 6.07) is 12.2. The van der Waals surface area contributed by atoms with Crippen molar-refractivity contribution in [3.8, 4) is 0 Å². The summed E-state index contributed by atoms with van der Waals surface area (Å²) in [5.41, 5.74) is 7.25. The fourth-order valence-electron chi connectivity index (χ4n) is 1.84. The molecule has 0 bridgehead atoms. The summed E-state index contributed by atoms with van der Waals surface area (Å²) in [7, 11) is 0. The van der Waals surface area contributed by atoms with Crippen LogP contribution in [0.4, 0.5) is 0 Å². The van der Waals surface area contributed by atoms with Crippen molar-refractivity contribution in [2.24, 2.45) is 5.73 Å². The fourth-order valence-corrected chi connectivity index (χ4v) is 2.08. The number of benzene rings is 2. The van der Waals surface area contributed by atoms with Gasteiger partial charge in [0, 0.05) is 16.5 Å². The van der Waals surface area contributed by atoms with E-state index in [1.807, 2.05) is 24.3 Å². The zero-order valence-electron chi connectivity index (χ0n) is 8.70. The summed E-state index contributed by atoms with van der Waals surface area (Å²) in [5, 5.41) is 3.04. The van der Waals surface area contributed by atoms with Gasteiger partial charge in [-0.1, -0.05) is 48.9 Å². The van der Waals surface area contributed by atoms with E-state index in [2.05, 4.69) is 19.1 Å². The second-order valence-electron chi connectivity index (χ2n) is 3.70. The third kappa shape index (κ3) is 1.85. The highest BCUT2D eigenvalue weighted by molar-refractivity contribution is 6.35. The molecule has 0 spiro atoms. The maximum Gasteiger partial charge on any atom is 0.0484 e. The van der Waals surface area contributed by atoms with Crippen molar-refractivity contribution in [3.63, 3.8) is 0 Å². The molecule has 0 amide bonds. The Morgan fingerprint density at radius 2 is 1.80 bits per heavy atom. The molecule has 2 N–H and O–H groups in total. The molecule has 2 rings (SSSR count). The molecule has 0 fully saturated rings. The van der Waals surface area contributed by atoms with Crippen molar-refractivity contribution in [1.82, 2.24) is 0 Å². The molecule has 0 aliphatic carbocycles. The van der Waals surface area contributed by atoms with E-state index in [-0.39, 0.29) is 6.04 Å². The molecule has 0 heterocycles. The lowest BCUT2D eigenvalue weighted by atomic mass is 9.98. The Balaban J connectivity index is 2.71. The molecule has 78 valence electrons. The van der Waals surface area contributed by atoms with Crippen molar-refractivity contribution in [3.05, 3.63) is 47.0 Å². The Labute approximate surface area is 94.9 Å². The van der Waals surface area contributed by atoms with Crippen molar-refractivity contribution < 1.29 is 0 Å². The van der Waals surface area contributed by atoms with E-state index in [0.717, 1.165) is 16.8 Å². The number of hydrogen-bond acceptors (Lipinski definition) is 1. The molecule has 2 aromatic carbocycles. The highest BCUT2D eigenvalue weighted by Gasteiger charge is 2.08. The maximum atomic E-state index is 6.14. The first-order valence-corrected chi connectivity index (χ1v) is 5.54. The second kappa shape index (κ2) is 4.21. The molecule has 15 heavy (non-hydrogen) atoms. The first kappa shape index (κ1) is 10.5. The highest BCUT2D eigenvalue weighted by atomic mass is 35.5. The van der Waals surface area contributed by atoms with Crippen molar-refractivity contribution >= 4 is 22.4 Å². The minimum absolute atomic E-state index is 0.0900. The van der Waals surface area contributed by atoms with E-state index in [0.29, 0.717) is 0 Å². The third-order valence-corrected chi connectivity index (χ3v) is 3.07. The van der Waals surface area contributed by atoms with Gasteiger partial charge in [-0.25, -0.2) is 0 Å². The quantitative estimate of drug-likeness (QED) is 0.815. The maximum absolute atomic E-state index is 6.14. The summed E-state index contributed by atoms with van der Waals surface area (Å²) in [5.74, 6) is 0. The normalized spacial score (nSPS) is 13.0. The van der Waals surface area contributed by atoms with Gasteiger partial charge in [0.25, 0.3) is 0 Å². The molecule has 1 nitrogen and oxygen atoms in total. The number of halogens is 1. The Bertz CT molecular complexity index is 479. The minimum atomic E-state index is 0.0900. The van der Waals surface area contributed by atoms with Gasteiger partial charge in [0.2, 0.25) is 0 Å². The van der Waals surface area contributed by atoms with Crippen LogP contribution in [0.1, 0.15) is 24.9 Å². The van der Waals surface area contributed by atoms with Crippen LogP contribution in [0.5, 0.6) is 0 Å². The van der Waals surface area contributed by atoms with Crippen LogP contribution >= 0.6 is 11.6 Å². The first-order chi connectivity index (χ1) is 7.24. The van der Waals surface area contributed by atoms with E-state index in [4.69, 9.17) is 17.3 Å². The third-order valence-electron chi connectivity index (χ3n) is 2.74. The summed E-state index contributed by atoms with van der Waals surface area (Å²) < 4.78 is 0. The van der Waals surface area contributed by atoms with Gasteiger partial charge in [-0.05, 0) is 23.4 Å². The van der Waals surface area contributed by atoms with E-state index >= 15 is 0 Å². The van der Waals surface area contributed by atoms with Crippen LogP contribution in [0.2, 0.25) is 5.02 Å². The SMILES string of the molecule is CCC(N)c1cccc2c(Cl)cccc12. The van der Waals surface area contributed by atoms with Crippen LogP contribution in [0.3, 0.4) is 0 Å². The molecule has 0 aliphatic rings. The summed E-state index contributed by atoms with van der Waals surface area (Å²) in [4.78, 5) is 0. The van der Waals surface area contributed by atoms with Gasteiger partial charge in [-0.2, -0.15) is 0 Å². The lowest BCUT2D eigenvalue weighted by molar-refractivity contribution is 0.704. The average Bonchev–Trinajstić information content (AvgIpc) is 2.28. The molecular formula is C13H14ClN. The summed E-state index contributed by atoms with van der Waals surface area (Å²) >= 11 is 6.14. The van der Waals surface area contributed by atoms with Crippen LogP contribution in [0.25, 0.3) is 10.8 Å². The Morgan fingerprint density at radius 1 is 1.13 bits per heavy atom. The van der Waals surface area contributed by atoms with E-state index in [1.165, 1.54) is 10.9 Å². The zero-order chi connectivity index (χ0) is 10.8. The van der Waals surface area contributed by atoms with Gasteiger partial charge in [-0.15, -0.1) is 0 Å². The molecule has 1 unspecified atom stereocenters. The largest absolute Gasteiger partial charge is 0.324 e. The van der Waals surface area contributed by atoms with Crippen LogP contribution in [-0.2, 0) is 0 Å². The molecule has 0 saturated heterocycles. The Kier molecular flexibility index (Phi) is 2.94.